The molecular weight excluding hydrogens is 330 g/mol. The largest absolute Gasteiger partial charge is 0.422 e. The lowest BCUT2D eigenvalue weighted by Crippen LogP contribution is -2.13. The van der Waals surface area contributed by atoms with E-state index in [0.717, 1.165) is 16.7 Å². The van der Waals surface area contributed by atoms with Gasteiger partial charge < -0.3 is 9.26 Å². The molecule has 5 heteroatoms. The number of ketones is 1. The minimum atomic E-state index is -0.600. The first kappa shape index (κ1) is 17.6. The normalized spacial score (nSPS) is 10.6. The summed E-state index contributed by atoms with van der Waals surface area (Å²) in [6, 6.07) is 12.9. The summed E-state index contributed by atoms with van der Waals surface area (Å²) in [5, 5.41) is 4.00. The number of aryl methyl sites for hydroxylation is 3. The molecule has 0 unspecified atom stereocenters. The van der Waals surface area contributed by atoms with Crippen molar-refractivity contribution in [2.45, 2.75) is 27.7 Å². The van der Waals surface area contributed by atoms with E-state index in [1.807, 2.05) is 43.3 Å². The number of hydrogen-bond acceptors (Lipinski definition) is 5. The van der Waals surface area contributed by atoms with Gasteiger partial charge in [-0.2, -0.15) is 0 Å². The Kier molecular flexibility index (Phi) is 4.71. The highest BCUT2D eigenvalue weighted by atomic mass is 16.5. The zero-order chi connectivity index (χ0) is 18.8. The third-order valence-electron chi connectivity index (χ3n) is 4.11. The van der Waals surface area contributed by atoms with Gasteiger partial charge in [0.2, 0.25) is 0 Å². The maximum absolute atomic E-state index is 12.9. The standard InChI is InChI=1S/C21H19NO4/c1-12-10-13(2)20(17(11-12)14(3)23)25-21(24)18-15(4)26-22-19(18)16-8-6-5-7-9-16/h5-11H,1-4H3. The lowest BCUT2D eigenvalue weighted by molar-refractivity contribution is 0.0730. The lowest BCUT2D eigenvalue weighted by Gasteiger charge is -2.12. The minimum Gasteiger partial charge on any atom is -0.422 e. The highest BCUT2D eigenvalue weighted by Gasteiger charge is 2.25. The van der Waals surface area contributed by atoms with Crippen LogP contribution in [-0.2, 0) is 0 Å². The molecule has 0 aliphatic carbocycles. The number of hydrogen-bond donors (Lipinski definition) is 0. The van der Waals surface area contributed by atoms with Gasteiger partial charge in [0.15, 0.2) is 5.78 Å². The van der Waals surface area contributed by atoms with Crippen LogP contribution in [0.4, 0.5) is 0 Å². The Morgan fingerprint density at radius 1 is 1.04 bits per heavy atom. The van der Waals surface area contributed by atoms with Gasteiger partial charge in [-0.3, -0.25) is 4.79 Å². The molecule has 2 aromatic carbocycles. The number of esters is 1. The van der Waals surface area contributed by atoms with E-state index in [4.69, 9.17) is 9.26 Å². The van der Waals surface area contributed by atoms with Gasteiger partial charge in [-0.1, -0.05) is 41.6 Å². The molecule has 0 saturated carbocycles. The SMILES string of the molecule is CC(=O)c1cc(C)cc(C)c1OC(=O)c1c(-c2ccccc2)noc1C. The van der Waals surface area contributed by atoms with E-state index in [2.05, 4.69) is 5.16 Å². The van der Waals surface area contributed by atoms with Gasteiger partial charge in [0.05, 0.1) is 5.56 Å². The summed E-state index contributed by atoms with van der Waals surface area (Å²) < 4.78 is 10.8. The number of ether oxygens (including phenoxy) is 1. The molecule has 26 heavy (non-hydrogen) atoms. The topological polar surface area (TPSA) is 69.4 Å². The summed E-state index contributed by atoms with van der Waals surface area (Å²) in [7, 11) is 0. The zero-order valence-electron chi connectivity index (χ0n) is 15.1. The molecular formula is C21H19NO4. The summed E-state index contributed by atoms with van der Waals surface area (Å²) >= 11 is 0. The van der Waals surface area contributed by atoms with Crippen molar-refractivity contribution in [2.75, 3.05) is 0 Å². The first-order chi connectivity index (χ1) is 12.4. The number of Topliss-reactive ketones (excluding diaryl/α,β-unsaturated/α-hetero) is 1. The molecule has 3 rings (SSSR count). The molecule has 0 aliphatic rings. The van der Waals surface area contributed by atoms with Crippen molar-refractivity contribution in [1.29, 1.82) is 0 Å². The van der Waals surface area contributed by atoms with Crippen LogP contribution in [0.25, 0.3) is 11.3 Å². The van der Waals surface area contributed by atoms with Gasteiger partial charge >= 0.3 is 5.97 Å². The van der Waals surface area contributed by atoms with Crippen LogP contribution in [0.5, 0.6) is 5.75 Å². The second-order valence-electron chi connectivity index (χ2n) is 6.23. The molecule has 132 valence electrons. The molecule has 0 fully saturated rings. The Bertz CT molecular complexity index is 987. The van der Waals surface area contributed by atoms with Crippen molar-refractivity contribution in [3.05, 3.63) is 70.5 Å². The average molecular weight is 349 g/mol. The number of nitrogens with zero attached hydrogens (tertiary/aromatic N) is 1. The van der Waals surface area contributed by atoms with Crippen molar-refractivity contribution < 1.29 is 18.8 Å². The average Bonchev–Trinajstić information content (AvgIpc) is 2.99. The highest BCUT2D eigenvalue weighted by Crippen LogP contribution is 2.30. The molecule has 0 bridgehead atoms. The molecule has 0 N–H and O–H groups in total. The zero-order valence-corrected chi connectivity index (χ0v) is 15.1. The summed E-state index contributed by atoms with van der Waals surface area (Å²) in [4.78, 5) is 24.8. The second kappa shape index (κ2) is 6.96. The Balaban J connectivity index is 2.03. The Morgan fingerprint density at radius 3 is 2.38 bits per heavy atom. The van der Waals surface area contributed by atoms with Gasteiger partial charge in [-0.05, 0) is 44.9 Å². The fourth-order valence-electron chi connectivity index (χ4n) is 2.90. The van der Waals surface area contributed by atoms with Gasteiger partial charge in [-0.25, -0.2) is 4.79 Å². The van der Waals surface area contributed by atoms with E-state index in [9.17, 15) is 9.59 Å². The third-order valence-corrected chi connectivity index (χ3v) is 4.11. The summed E-state index contributed by atoms with van der Waals surface area (Å²) in [6.45, 7) is 6.80. The van der Waals surface area contributed by atoms with Crippen LogP contribution in [0.2, 0.25) is 0 Å². The maximum atomic E-state index is 12.9. The minimum absolute atomic E-state index is 0.162. The predicted molar refractivity (Wildman–Crippen MR) is 97.6 cm³/mol. The fraction of sp³-hybridized carbons (Fsp3) is 0.190. The van der Waals surface area contributed by atoms with Crippen molar-refractivity contribution in [1.82, 2.24) is 5.16 Å². The number of benzene rings is 2. The Morgan fingerprint density at radius 2 is 1.73 bits per heavy atom. The van der Waals surface area contributed by atoms with Crippen LogP contribution in [0.1, 0.15) is 44.5 Å². The molecule has 1 aromatic heterocycles. The maximum Gasteiger partial charge on any atom is 0.349 e. The van der Waals surface area contributed by atoms with Gasteiger partial charge in [-0.15, -0.1) is 0 Å². The van der Waals surface area contributed by atoms with E-state index in [0.29, 0.717) is 17.0 Å². The molecule has 0 spiro atoms. The van der Waals surface area contributed by atoms with E-state index >= 15 is 0 Å². The summed E-state index contributed by atoms with van der Waals surface area (Å²) in [5.74, 6) is -0.127. The third kappa shape index (κ3) is 3.28. The molecule has 0 atom stereocenters. The Hall–Kier alpha value is -3.21. The molecule has 3 aromatic rings. The van der Waals surface area contributed by atoms with Crippen LogP contribution in [-0.4, -0.2) is 16.9 Å². The monoisotopic (exact) mass is 349 g/mol. The van der Waals surface area contributed by atoms with Crippen LogP contribution in [0.3, 0.4) is 0 Å². The molecule has 0 aliphatic heterocycles. The quantitative estimate of drug-likeness (QED) is 0.388. The van der Waals surface area contributed by atoms with E-state index in [1.165, 1.54) is 6.92 Å². The highest BCUT2D eigenvalue weighted by molar-refractivity contribution is 6.01. The molecule has 5 nitrogen and oxygen atoms in total. The van der Waals surface area contributed by atoms with Crippen LogP contribution >= 0.6 is 0 Å². The van der Waals surface area contributed by atoms with Gasteiger partial charge in [0, 0.05) is 5.56 Å². The fourth-order valence-corrected chi connectivity index (χ4v) is 2.90. The van der Waals surface area contributed by atoms with Crippen LogP contribution in [0.15, 0.2) is 47.0 Å². The van der Waals surface area contributed by atoms with Gasteiger partial charge in [0.1, 0.15) is 22.8 Å². The molecule has 0 saturated heterocycles. The number of rotatable bonds is 4. The molecule has 0 radical (unpaired) electrons. The Labute approximate surface area is 151 Å². The van der Waals surface area contributed by atoms with Crippen molar-refractivity contribution >= 4 is 11.8 Å². The van der Waals surface area contributed by atoms with E-state index in [1.54, 1.807) is 19.9 Å². The first-order valence-electron chi connectivity index (χ1n) is 8.24. The number of carbonyl (C=O) groups excluding carboxylic acids is 2. The first-order valence-corrected chi connectivity index (χ1v) is 8.24. The lowest BCUT2D eigenvalue weighted by atomic mass is 10.0. The summed E-state index contributed by atoms with van der Waals surface area (Å²) in [5.41, 5.74) is 3.46. The smallest absolute Gasteiger partial charge is 0.349 e. The molecule has 1 heterocycles. The number of carbonyl (C=O) groups is 2. The van der Waals surface area contributed by atoms with Gasteiger partial charge in [0.25, 0.3) is 0 Å². The van der Waals surface area contributed by atoms with Crippen LogP contribution < -0.4 is 4.74 Å². The van der Waals surface area contributed by atoms with Crippen molar-refractivity contribution in [2.24, 2.45) is 0 Å². The molecule has 0 amide bonds. The van der Waals surface area contributed by atoms with Crippen molar-refractivity contribution in [3.63, 3.8) is 0 Å². The second-order valence-corrected chi connectivity index (χ2v) is 6.23. The summed E-state index contributed by atoms with van der Waals surface area (Å²) in [6.07, 6.45) is 0. The number of aromatic nitrogens is 1. The predicted octanol–water partition coefficient (Wildman–Crippen LogP) is 4.69. The van der Waals surface area contributed by atoms with Crippen molar-refractivity contribution in [3.8, 4) is 17.0 Å². The van der Waals surface area contributed by atoms with E-state index < -0.39 is 5.97 Å². The van der Waals surface area contributed by atoms with Crippen LogP contribution in [0, 0.1) is 20.8 Å². The van der Waals surface area contributed by atoms with E-state index in [-0.39, 0.29) is 17.1 Å².